The van der Waals surface area contributed by atoms with Gasteiger partial charge in [-0.05, 0) is 59.3 Å². The molecule has 27 heavy (non-hydrogen) atoms. The molecule has 0 unspecified atom stereocenters. The van der Waals surface area contributed by atoms with Crippen LogP contribution in [0.25, 0.3) is 0 Å². The first-order chi connectivity index (χ1) is 13.0. The van der Waals surface area contributed by atoms with Crippen molar-refractivity contribution in [2.24, 2.45) is 10.2 Å². The normalized spacial score (nSPS) is 10.9. The highest BCUT2D eigenvalue weighted by atomic mass is 127. The van der Waals surface area contributed by atoms with Crippen LogP contribution in [0.15, 0.2) is 69.6 Å². The van der Waals surface area contributed by atoms with Crippen LogP contribution in [0, 0.1) is 21.8 Å². The van der Waals surface area contributed by atoms with E-state index in [0.29, 0.717) is 11.3 Å². The van der Waals surface area contributed by atoms with E-state index in [9.17, 15) is 15.2 Å². The molecule has 0 aliphatic heterocycles. The van der Waals surface area contributed by atoms with Crippen LogP contribution in [0.1, 0.15) is 16.7 Å². The Bertz CT molecular complexity index is 1100. The summed E-state index contributed by atoms with van der Waals surface area (Å²) in [4.78, 5) is 12.9. The number of rotatable bonds is 4. The van der Waals surface area contributed by atoms with Crippen LogP contribution in [0.4, 0.5) is 11.4 Å². The lowest BCUT2D eigenvalue weighted by Gasteiger charge is -2.13. The summed E-state index contributed by atoms with van der Waals surface area (Å²) in [5.41, 5.74) is 1.28. The fourth-order valence-corrected chi connectivity index (χ4v) is 2.94. The van der Waals surface area contributed by atoms with E-state index in [2.05, 4.69) is 32.8 Å². The third kappa shape index (κ3) is 4.06. The fourth-order valence-electron chi connectivity index (χ4n) is 2.59. The van der Waals surface area contributed by atoms with Crippen molar-refractivity contribution < 1.29 is 5.11 Å². The summed E-state index contributed by atoms with van der Waals surface area (Å²) in [6, 6.07) is 18.5. The Kier molecular flexibility index (Phi) is 5.66. The highest BCUT2D eigenvalue weighted by Crippen LogP contribution is 2.27. The number of pyridine rings is 1. The van der Waals surface area contributed by atoms with E-state index in [0.717, 1.165) is 13.7 Å². The largest absolute Gasteiger partial charge is 0.493 e. The summed E-state index contributed by atoms with van der Waals surface area (Å²) in [6.07, 6.45) is 0. The molecule has 3 rings (SSSR count). The highest BCUT2D eigenvalue weighted by Gasteiger charge is 2.19. The molecule has 0 saturated carbocycles. The van der Waals surface area contributed by atoms with Crippen molar-refractivity contribution in [1.29, 1.82) is 5.26 Å². The molecule has 0 saturated heterocycles. The summed E-state index contributed by atoms with van der Waals surface area (Å²) in [5, 5.41) is 28.0. The van der Waals surface area contributed by atoms with Crippen molar-refractivity contribution in [3.05, 3.63) is 85.2 Å². The molecule has 2 aromatic carbocycles. The van der Waals surface area contributed by atoms with Crippen molar-refractivity contribution >= 4 is 34.0 Å². The Morgan fingerprint density at radius 3 is 2.41 bits per heavy atom. The number of hydrogen-bond acceptors (Lipinski definition) is 5. The molecule has 134 valence electrons. The van der Waals surface area contributed by atoms with E-state index >= 15 is 0 Å². The molecule has 0 bridgehead atoms. The Labute approximate surface area is 169 Å². The quantitative estimate of drug-likeness (QED) is 0.439. The minimum atomic E-state index is -0.498. The summed E-state index contributed by atoms with van der Waals surface area (Å²) >= 11 is 2.19. The molecular formula is C20H15IN4O2. The number of aromatic nitrogens is 1. The van der Waals surface area contributed by atoms with Crippen LogP contribution < -0.4 is 5.56 Å². The monoisotopic (exact) mass is 470 g/mol. The second kappa shape index (κ2) is 8.14. The van der Waals surface area contributed by atoms with Crippen LogP contribution in [0.5, 0.6) is 5.88 Å². The molecule has 1 heterocycles. The maximum absolute atomic E-state index is 12.9. The van der Waals surface area contributed by atoms with Gasteiger partial charge in [-0.25, -0.2) is 0 Å². The smallest absolute Gasteiger partial charge is 0.281 e. The lowest BCUT2D eigenvalue weighted by Crippen LogP contribution is -2.22. The molecule has 1 N–H and O–H groups in total. The van der Waals surface area contributed by atoms with E-state index in [1.807, 2.05) is 48.5 Å². The van der Waals surface area contributed by atoms with Gasteiger partial charge in [0.2, 0.25) is 5.88 Å². The second-order valence-corrected chi connectivity index (χ2v) is 7.08. The number of nitriles is 1. The molecule has 0 aliphatic rings. The fraction of sp³-hybridized carbons (Fsp3) is 0.100. The van der Waals surface area contributed by atoms with Gasteiger partial charge in [-0.15, -0.1) is 5.11 Å². The zero-order chi connectivity index (χ0) is 19.4. The molecule has 7 heteroatoms. The van der Waals surface area contributed by atoms with Gasteiger partial charge in [-0.3, -0.25) is 9.36 Å². The number of azo groups is 1. The van der Waals surface area contributed by atoms with Gasteiger partial charge in [0, 0.05) is 9.13 Å². The van der Waals surface area contributed by atoms with E-state index in [1.165, 1.54) is 0 Å². The van der Waals surface area contributed by atoms with Gasteiger partial charge in [-0.1, -0.05) is 30.3 Å². The van der Waals surface area contributed by atoms with Crippen LogP contribution in [-0.4, -0.2) is 9.67 Å². The average molecular weight is 470 g/mol. The zero-order valence-corrected chi connectivity index (χ0v) is 16.6. The molecule has 1 aromatic heterocycles. The molecule has 0 aliphatic carbocycles. The van der Waals surface area contributed by atoms with Gasteiger partial charge in [0.05, 0.1) is 12.2 Å². The van der Waals surface area contributed by atoms with E-state index in [-0.39, 0.29) is 23.7 Å². The van der Waals surface area contributed by atoms with Crippen LogP contribution in [0.3, 0.4) is 0 Å². The van der Waals surface area contributed by atoms with Gasteiger partial charge in [0.25, 0.3) is 5.56 Å². The summed E-state index contributed by atoms with van der Waals surface area (Å²) in [5.74, 6) is -0.364. The van der Waals surface area contributed by atoms with Gasteiger partial charge < -0.3 is 5.11 Å². The molecule has 0 radical (unpaired) electrons. The maximum atomic E-state index is 12.9. The van der Waals surface area contributed by atoms with Gasteiger partial charge >= 0.3 is 0 Å². The molecule has 0 fully saturated rings. The van der Waals surface area contributed by atoms with Crippen molar-refractivity contribution in [3.8, 4) is 11.9 Å². The van der Waals surface area contributed by atoms with Crippen molar-refractivity contribution in [3.63, 3.8) is 0 Å². The molecule has 6 nitrogen and oxygen atoms in total. The number of halogens is 1. The Morgan fingerprint density at radius 1 is 1.11 bits per heavy atom. The predicted octanol–water partition coefficient (Wildman–Crippen LogP) is 4.80. The lowest BCUT2D eigenvalue weighted by atomic mass is 10.1. The first kappa shape index (κ1) is 18.8. The van der Waals surface area contributed by atoms with E-state index in [1.54, 1.807) is 19.1 Å². The van der Waals surface area contributed by atoms with Gasteiger partial charge in [0.15, 0.2) is 5.69 Å². The lowest BCUT2D eigenvalue weighted by molar-refractivity contribution is 0.412. The Hall–Kier alpha value is -2.99. The van der Waals surface area contributed by atoms with E-state index < -0.39 is 5.56 Å². The predicted molar refractivity (Wildman–Crippen MR) is 111 cm³/mol. The first-order valence-corrected chi connectivity index (χ1v) is 9.17. The summed E-state index contributed by atoms with van der Waals surface area (Å²) in [7, 11) is 0. The number of hydrogen-bond donors (Lipinski definition) is 1. The van der Waals surface area contributed by atoms with Gasteiger partial charge in [-0.2, -0.15) is 10.4 Å². The van der Waals surface area contributed by atoms with Crippen molar-refractivity contribution in [2.75, 3.05) is 0 Å². The molecule has 3 aromatic rings. The van der Waals surface area contributed by atoms with Crippen LogP contribution >= 0.6 is 22.6 Å². The zero-order valence-electron chi connectivity index (χ0n) is 14.4. The number of nitrogens with zero attached hydrogens (tertiary/aromatic N) is 4. The molecule has 0 amide bonds. The molecule has 0 atom stereocenters. The third-order valence-corrected chi connectivity index (χ3v) is 4.76. The number of aromatic hydroxyl groups is 1. The first-order valence-electron chi connectivity index (χ1n) is 8.09. The standard InChI is InChI=1S/C20H15IN4O2/c1-13-17(11-22)19(26)25(12-14-5-3-2-4-6-14)20(27)18(13)24-23-16-9-7-15(21)8-10-16/h2-10,26H,12H2,1H3. The summed E-state index contributed by atoms with van der Waals surface area (Å²) < 4.78 is 2.20. The topological polar surface area (TPSA) is 90.7 Å². The minimum absolute atomic E-state index is 0.0158. The average Bonchev–Trinajstić information content (AvgIpc) is 2.68. The summed E-state index contributed by atoms with van der Waals surface area (Å²) in [6.45, 7) is 1.71. The van der Waals surface area contributed by atoms with Gasteiger partial charge in [0.1, 0.15) is 11.6 Å². The van der Waals surface area contributed by atoms with Crippen molar-refractivity contribution in [2.45, 2.75) is 13.5 Å². The molecule has 0 spiro atoms. The SMILES string of the molecule is Cc1c(C#N)c(O)n(Cc2ccccc2)c(=O)c1N=Nc1ccc(I)cc1. The van der Waals surface area contributed by atoms with Crippen LogP contribution in [0.2, 0.25) is 0 Å². The Morgan fingerprint density at radius 2 is 1.78 bits per heavy atom. The third-order valence-electron chi connectivity index (χ3n) is 4.04. The maximum Gasteiger partial charge on any atom is 0.281 e. The van der Waals surface area contributed by atoms with Crippen LogP contribution in [-0.2, 0) is 6.54 Å². The number of benzene rings is 2. The van der Waals surface area contributed by atoms with E-state index in [4.69, 9.17) is 0 Å². The van der Waals surface area contributed by atoms with Crippen molar-refractivity contribution in [1.82, 2.24) is 4.57 Å². The highest BCUT2D eigenvalue weighted by molar-refractivity contribution is 14.1. The minimum Gasteiger partial charge on any atom is -0.493 e. The second-order valence-electron chi connectivity index (χ2n) is 5.84. The Balaban J connectivity index is 2.10. The molecular weight excluding hydrogens is 455 g/mol.